The van der Waals surface area contributed by atoms with Crippen LogP contribution in [0.5, 0.6) is 28.7 Å². The molecule has 1 aliphatic carbocycles. The molecule has 0 saturated heterocycles. The molecule has 8 nitrogen and oxygen atoms in total. The fraction of sp³-hybridized carbons (Fsp3) is 0.235. The lowest BCUT2D eigenvalue weighted by Gasteiger charge is -2.49. The van der Waals surface area contributed by atoms with Crippen LogP contribution >= 0.6 is 0 Å². The number of hydrogen-bond acceptors (Lipinski definition) is 7. The van der Waals surface area contributed by atoms with Crippen LogP contribution in [0.4, 0.5) is 0 Å². The van der Waals surface area contributed by atoms with E-state index in [2.05, 4.69) is 0 Å². The number of fused-ring (bicyclic) bond motifs is 1. The van der Waals surface area contributed by atoms with Crippen molar-refractivity contribution >= 4 is 11.9 Å². The summed E-state index contributed by atoms with van der Waals surface area (Å²) in [5.74, 6) is -2.00. The van der Waals surface area contributed by atoms with Crippen LogP contribution in [0.3, 0.4) is 0 Å². The van der Waals surface area contributed by atoms with Crippen LogP contribution in [0.2, 0.25) is 0 Å². The Balaban J connectivity index is 1.41. The fourth-order valence-electron chi connectivity index (χ4n) is 6.19. The minimum absolute atomic E-state index is 0.357. The van der Waals surface area contributed by atoms with Gasteiger partial charge in [0.05, 0.1) is 26.1 Å². The van der Waals surface area contributed by atoms with Crippen LogP contribution in [0, 0.1) is 11.8 Å². The van der Waals surface area contributed by atoms with Crippen molar-refractivity contribution in [3.05, 3.63) is 102 Å². The monoisotopic (exact) mass is 566 g/mol. The molecule has 0 aromatic heterocycles. The molecule has 0 bridgehead atoms. The minimum atomic E-state index is -1.01. The topological polar surface area (TPSA) is 101 Å². The first-order valence-corrected chi connectivity index (χ1v) is 13.7. The third-order valence-electron chi connectivity index (χ3n) is 8.05. The lowest BCUT2D eigenvalue weighted by atomic mass is 9.52. The lowest BCUT2D eigenvalue weighted by molar-refractivity contribution is -0.158. The molecule has 6 rings (SSSR count). The molecule has 4 aromatic carbocycles. The van der Waals surface area contributed by atoms with Gasteiger partial charge < -0.3 is 28.8 Å². The van der Waals surface area contributed by atoms with Crippen LogP contribution in [0.15, 0.2) is 91.0 Å². The number of benzene rings is 4. The summed E-state index contributed by atoms with van der Waals surface area (Å²) in [4.78, 5) is 27.0. The van der Waals surface area contributed by atoms with Gasteiger partial charge in [0.2, 0.25) is 0 Å². The molecule has 4 atom stereocenters. The van der Waals surface area contributed by atoms with Crippen LogP contribution < -0.4 is 23.7 Å². The largest absolute Gasteiger partial charge is 0.496 e. The highest BCUT2D eigenvalue weighted by molar-refractivity contribution is 5.87. The molecule has 8 heteroatoms. The number of hydrogen-bond donors (Lipinski definition) is 1. The smallest absolute Gasteiger partial charge is 0.315 e. The van der Waals surface area contributed by atoms with E-state index >= 15 is 0 Å². The van der Waals surface area contributed by atoms with Crippen molar-refractivity contribution in [2.45, 2.75) is 11.8 Å². The third-order valence-corrected chi connectivity index (χ3v) is 8.05. The Kier molecular flexibility index (Phi) is 7.44. The Morgan fingerprint density at radius 1 is 0.690 bits per heavy atom. The van der Waals surface area contributed by atoms with E-state index < -0.39 is 35.6 Å². The molecule has 214 valence electrons. The van der Waals surface area contributed by atoms with Gasteiger partial charge in [0.25, 0.3) is 0 Å². The van der Waals surface area contributed by atoms with Crippen molar-refractivity contribution in [2.24, 2.45) is 11.8 Å². The number of methoxy groups -OCH3 is 2. The molecular formula is C34H30O8. The number of para-hydroxylation sites is 3. The van der Waals surface area contributed by atoms with Gasteiger partial charge in [-0.2, -0.15) is 0 Å². The molecule has 1 heterocycles. The van der Waals surface area contributed by atoms with Gasteiger partial charge in [-0.05, 0) is 47.0 Å². The van der Waals surface area contributed by atoms with Gasteiger partial charge in [-0.3, -0.25) is 9.59 Å². The summed E-state index contributed by atoms with van der Waals surface area (Å²) in [6.07, 6.45) is 0. The number of rotatable bonds is 8. The number of carbonyl (C=O) groups is 2. The van der Waals surface area contributed by atoms with E-state index in [1.807, 2.05) is 54.6 Å². The predicted octanol–water partition coefficient (Wildman–Crippen LogP) is 5.95. The molecule has 0 spiro atoms. The summed E-state index contributed by atoms with van der Waals surface area (Å²) >= 11 is 0. The van der Waals surface area contributed by atoms with Crippen molar-refractivity contribution in [3.63, 3.8) is 0 Å². The van der Waals surface area contributed by atoms with Crippen molar-refractivity contribution in [3.8, 4) is 39.9 Å². The molecule has 4 aromatic rings. The molecule has 1 N–H and O–H groups in total. The van der Waals surface area contributed by atoms with Gasteiger partial charge in [0.1, 0.15) is 30.5 Å². The zero-order chi connectivity index (χ0) is 29.2. The molecule has 2 aliphatic rings. The molecule has 1 unspecified atom stereocenters. The highest BCUT2D eigenvalue weighted by Gasteiger charge is 2.60. The second-order valence-electron chi connectivity index (χ2n) is 10.2. The Morgan fingerprint density at radius 2 is 1.24 bits per heavy atom. The number of ether oxygens (including phenoxy) is 5. The average Bonchev–Trinajstić information content (AvgIpc) is 3.01. The van der Waals surface area contributed by atoms with Crippen molar-refractivity contribution in [2.75, 3.05) is 27.4 Å². The van der Waals surface area contributed by atoms with Gasteiger partial charge >= 0.3 is 11.9 Å². The van der Waals surface area contributed by atoms with Crippen LogP contribution in [0.1, 0.15) is 23.0 Å². The molecule has 1 fully saturated rings. The highest BCUT2D eigenvalue weighted by atomic mass is 16.6. The molecule has 1 aliphatic heterocycles. The maximum atomic E-state index is 14.2. The molecular weight excluding hydrogens is 536 g/mol. The highest BCUT2D eigenvalue weighted by Crippen LogP contribution is 2.60. The summed E-state index contributed by atoms with van der Waals surface area (Å²) in [6, 6.07) is 27.2. The second kappa shape index (κ2) is 11.5. The van der Waals surface area contributed by atoms with Crippen LogP contribution in [-0.2, 0) is 9.59 Å². The van der Waals surface area contributed by atoms with E-state index in [0.717, 1.165) is 5.56 Å². The first kappa shape index (κ1) is 27.2. The second-order valence-corrected chi connectivity index (χ2v) is 10.2. The average molecular weight is 567 g/mol. The maximum Gasteiger partial charge on any atom is 0.315 e. The molecule has 0 radical (unpaired) electrons. The number of aliphatic carboxylic acids is 1. The van der Waals surface area contributed by atoms with Gasteiger partial charge in [-0.1, -0.05) is 60.7 Å². The van der Waals surface area contributed by atoms with Crippen molar-refractivity contribution < 1.29 is 38.4 Å². The Labute approximate surface area is 243 Å². The third kappa shape index (κ3) is 4.79. The van der Waals surface area contributed by atoms with E-state index in [1.165, 1.54) is 14.2 Å². The van der Waals surface area contributed by atoms with Gasteiger partial charge in [0.15, 0.2) is 11.5 Å². The number of carboxylic acids is 1. The maximum absolute atomic E-state index is 14.2. The lowest BCUT2D eigenvalue weighted by Crippen LogP contribution is -2.52. The molecule has 1 saturated carbocycles. The summed E-state index contributed by atoms with van der Waals surface area (Å²) in [5, 5.41) is 10.4. The van der Waals surface area contributed by atoms with E-state index in [0.29, 0.717) is 58.7 Å². The van der Waals surface area contributed by atoms with Crippen molar-refractivity contribution in [1.29, 1.82) is 0 Å². The van der Waals surface area contributed by atoms with Crippen LogP contribution in [0.25, 0.3) is 11.1 Å². The predicted molar refractivity (Wildman–Crippen MR) is 155 cm³/mol. The SMILES string of the molecule is COc1ccccc1C1[C@@H](C(=O)O)[C@@H](c2ccccc2OC)[C@@H]1C(=O)Oc1ccccc1-c1ccc2c(c1)OCCO2. The van der Waals surface area contributed by atoms with E-state index in [-0.39, 0.29) is 0 Å². The fourth-order valence-corrected chi connectivity index (χ4v) is 6.19. The Bertz CT molecular complexity index is 1570. The number of esters is 1. The number of carbonyl (C=O) groups excluding carboxylic acids is 1. The zero-order valence-corrected chi connectivity index (χ0v) is 23.2. The quantitative estimate of drug-likeness (QED) is 0.206. The summed E-state index contributed by atoms with van der Waals surface area (Å²) in [7, 11) is 3.06. The van der Waals surface area contributed by atoms with Gasteiger partial charge in [-0.25, -0.2) is 0 Å². The zero-order valence-electron chi connectivity index (χ0n) is 23.2. The van der Waals surface area contributed by atoms with E-state index in [9.17, 15) is 14.7 Å². The Morgan fingerprint density at radius 3 is 1.83 bits per heavy atom. The van der Waals surface area contributed by atoms with E-state index in [1.54, 1.807) is 36.4 Å². The minimum Gasteiger partial charge on any atom is -0.496 e. The first-order chi connectivity index (χ1) is 20.5. The van der Waals surface area contributed by atoms with Crippen LogP contribution in [-0.4, -0.2) is 44.5 Å². The van der Waals surface area contributed by atoms with Gasteiger partial charge in [-0.15, -0.1) is 0 Å². The normalized spacial score (nSPS) is 20.6. The van der Waals surface area contributed by atoms with Crippen molar-refractivity contribution in [1.82, 2.24) is 0 Å². The molecule has 0 amide bonds. The molecule has 42 heavy (non-hydrogen) atoms. The summed E-state index contributed by atoms with van der Waals surface area (Å²) in [6.45, 7) is 0.939. The summed E-state index contributed by atoms with van der Waals surface area (Å²) in [5.41, 5.74) is 2.77. The van der Waals surface area contributed by atoms with E-state index in [4.69, 9.17) is 23.7 Å². The first-order valence-electron chi connectivity index (χ1n) is 13.7. The number of carboxylic acid groups (broad SMARTS) is 1. The standard InChI is InChI=1S/C34H30O8/c1-38-24-12-6-4-10-22(24)29-31(33(35)36)30(23-11-5-7-13-25(23)39-2)32(29)34(37)42-26-14-8-3-9-21(26)20-15-16-27-28(19-20)41-18-17-40-27/h3-16,19,29-32H,17-18H2,1-2H3,(H,35,36)/t29-,30?,31+,32+/m1/s1. The van der Waals surface area contributed by atoms with Gasteiger partial charge in [0, 0.05) is 17.4 Å². The summed E-state index contributed by atoms with van der Waals surface area (Å²) < 4.78 is 28.7. The Hall–Kier alpha value is -4.98.